The van der Waals surface area contributed by atoms with Crippen molar-refractivity contribution >= 4 is 16.5 Å². The third-order valence-electron chi connectivity index (χ3n) is 2.73. The summed E-state index contributed by atoms with van der Waals surface area (Å²) in [7, 11) is -1.26. The van der Waals surface area contributed by atoms with Gasteiger partial charge in [0.2, 0.25) is 0 Å². The van der Waals surface area contributed by atoms with Crippen molar-refractivity contribution in [1.29, 1.82) is 0 Å². The van der Waals surface area contributed by atoms with E-state index >= 15 is 0 Å². The average Bonchev–Trinajstić information content (AvgIpc) is 2.35. The maximum Gasteiger partial charge on any atom is 0.150 e. The number of halogens is 1. The Balaban J connectivity index is 2.27. The molecule has 1 atom stereocenters. The fourth-order valence-corrected chi connectivity index (χ4v) is 3.06. The predicted octanol–water partition coefficient (Wildman–Crippen LogP) is 3.02. The van der Waals surface area contributed by atoms with E-state index in [2.05, 4.69) is 0 Å². The van der Waals surface area contributed by atoms with Crippen LogP contribution >= 0.6 is 0 Å². The third-order valence-corrected chi connectivity index (χ3v) is 4.26. The molecule has 2 nitrogen and oxygen atoms in total. The van der Waals surface area contributed by atoms with Gasteiger partial charge in [-0.2, -0.15) is 0 Å². The normalized spacial score (nSPS) is 12.3. The van der Waals surface area contributed by atoms with E-state index in [9.17, 15) is 8.60 Å². The molecule has 94 valence electrons. The summed E-state index contributed by atoms with van der Waals surface area (Å²) in [4.78, 5) is 0.735. The first kappa shape index (κ1) is 12.8. The second-order valence-corrected chi connectivity index (χ2v) is 5.50. The highest BCUT2D eigenvalue weighted by Gasteiger charge is 2.12. The van der Waals surface area contributed by atoms with Gasteiger partial charge < -0.3 is 5.73 Å². The summed E-state index contributed by atoms with van der Waals surface area (Å²) < 4.78 is 25.9. The lowest BCUT2D eigenvalue weighted by Gasteiger charge is -2.07. The molecule has 0 heterocycles. The Labute approximate surface area is 108 Å². The van der Waals surface area contributed by atoms with Crippen LogP contribution in [0.2, 0.25) is 0 Å². The quantitative estimate of drug-likeness (QED) is 0.865. The monoisotopic (exact) mass is 263 g/mol. The van der Waals surface area contributed by atoms with Crippen molar-refractivity contribution in [3.8, 4) is 0 Å². The molecule has 0 aliphatic rings. The molecule has 0 amide bonds. The first-order valence-electron chi connectivity index (χ1n) is 5.56. The minimum Gasteiger partial charge on any atom is -0.396 e. The molecule has 0 radical (unpaired) electrons. The Morgan fingerprint density at radius 3 is 2.61 bits per heavy atom. The van der Waals surface area contributed by atoms with Gasteiger partial charge in [0.15, 0.2) is 0 Å². The van der Waals surface area contributed by atoms with Crippen LogP contribution in [0, 0.1) is 12.7 Å². The van der Waals surface area contributed by atoms with Gasteiger partial charge in [0.25, 0.3) is 0 Å². The summed E-state index contributed by atoms with van der Waals surface area (Å²) in [6.45, 7) is 1.89. The van der Waals surface area contributed by atoms with Crippen molar-refractivity contribution in [2.24, 2.45) is 0 Å². The van der Waals surface area contributed by atoms with Gasteiger partial charge >= 0.3 is 0 Å². The third kappa shape index (κ3) is 2.59. The smallest absolute Gasteiger partial charge is 0.150 e. The second-order valence-electron chi connectivity index (χ2n) is 4.08. The van der Waals surface area contributed by atoms with Crippen LogP contribution in [0.1, 0.15) is 11.1 Å². The molecular formula is C14H14FNOS. The SMILES string of the molecule is Cc1ccccc1S(=O)Cc1cccc(N)c1F. The number of nitrogen functional groups attached to an aromatic ring is 1. The van der Waals surface area contributed by atoms with Crippen LogP contribution in [0.3, 0.4) is 0 Å². The molecule has 2 aromatic rings. The number of hydrogen-bond acceptors (Lipinski definition) is 2. The van der Waals surface area contributed by atoms with Crippen LogP contribution in [0.5, 0.6) is 0 Å². The molecule has 0 spiro atoms. The Hall–Kier alpha value is -1.68. The molecule has 0 fully saturated rings. The fourth-order valence-electron chi connectivity index (χ4n) is 1.74. The standard InChI is InChI=1S/C14H14FNOS/c1-10-5-2-3-8-13(10)18(17)9-11-6-4-7-12(16)14(11)15/h2-8H,9,16H2,1H3. The highest BCUT2D eigenvalue weighted by atomic mass is 32.2. The number of rotatable bonds is 3. The van der Waals surface area contributed by atoms with Gasteiger partial charge in [0, 0.05) is 10.5 Å². The maximum absolute atomic E-state index is 13.7. The highest BCUT2D eigenvalue weighted by Crippen LogP contribution is 2.20. The fraction of sp³-hybridized carbons (Fsp3) is 0.143. The Morgan fingerprint density at radius 1 is 1.17 bits per heavy atom. The summed E-state index contributed by atoms with van der Waals surface area (Å²) >= 11 is 0. The minimum atomic E-state index is -1.26. The summed E-state index contributed by atoms with van der Waals surface area (Å²) in [5.41, 5.74) is 6.91. The first-order valence-corrected chi connectivity index (χ1v) is 6.88. The van der Waals surface area contributed by atoms with E-state index in [1.807, 2.05) is 25.1 Å². The first-order chi connectivity index (χ1) is 8.59. The average molecular weight is 263 g/mol. The van der Waals surface area contributed by atoms with E-state index in [1.54, 1.807) is 18.2 Å². The highest BCUT2D eigenvalue weighted by molar-refractivity contribution is 7.84. The zero-order valence-electron chi connectivity index (χ0n) is 10.0. The van der Waals surface area contributed by atoms with E-state index < -0.39 is 16.6 Å². The second kappa shape index (κ2) is 5.31. The molecule has 0 bridgehead atoms. The molecule has 0 aliphatic carbocycles. The Morgan fingerprint density at radius 2 is 1.89 bits per heavy atom. The van der Waals surface area contributed by atoms with Crippen molar-refractivity contribution < 1.29 is 8.60 Å². The Bertz CT molecular complexity index is 598. The number of hydrogen-bond donors (Lipinski definition) is 1. The van der Waals surface area contributed by atoms with E-state index in [4.69, 9.17) is 5.73 Å². The molecule has 0 aromatic heterocycles. The Kier molecular flexibility index (Phi) is 3.77. The summed E-state index contributed by atoms with van der Waals surface area (Å²) in [5.74, 6) is -0.332. The van der Waals surface area contributed by atoms with Gasteiger partial charge in [0.1, 0.15) is 5.82 Å². The van der Waals surface area contributed by atoms with Crippen molar-refractivity contribution in [2.75, 3.05) is 5.73 Å². The van der Waals surface area contributed by atoms with Crippen molar-refractivity contribution in [1.82, 2.24) is 0 Å². The molecule has 2 rings (SSSR count). The van der Waals surface area contributed by atoms with Gasteiger partial charge in [-0.15, -0.1) is 0 Å². The molecule has 18 heavy (non-hydrogen) atoms. The van der Waals surface area contributed by atoms with Gasteiger partial charge in [-0.25, -0.2) is 4.39 Å². The zero-order valence-corrected chi connectivity index (χ0v) is 10.8. The largest absolute Gasteiger partial charge is 0.396 e. The molecular weight excluding hydrogens is 249 g/mol. The molecule has 0 aliphatic heterocycles. The number of benzene rings is 2. The van der Waals surface area contributed by atoms with Gasteiger partial charge in [-0.3, -0.25) is 4.21 Å². The lowest BCUT2D eigenvalue weighted by atomic mass is 10.2. The van der Waals surface area contributed by atoms with E-state index in [1.165, 1.54) is 6.07 Å². The van der Waals surface area contributed by atoms with Gasteiger partial charge in [-0.1, -0.05) is 30.3 Å². The molecule has 0 saturated heterocycles. The van der Waals surface area contributed by atoms with Crippen LogP contribution < -0.4 is 5.73 Å². The van der Waals surface area contributed by atoms with Crippen LogP contribution in [0.4, 0.5) is 10.1 Å². The van der Waals surface area contributed by atoms with Crippen molar-refractivity contribution in [2.45, 2.75) is 17.6 Å². The molecule has 4 heteroatoms. The summed E-state index contributed by atoms with van der Waals surface area (Å²) in [6, 6.07) is 12.2. The van der Waals surface area contributed by atoms with E-state index in [0.29, 0.717) is 5.56 Å². The van der Waals surface area contributed by atoms with Gasteiger partial charge in [-0.05, 0) is 24.6 Å². The van der Waals surface area contributed by atoms with Crippen LogP contribution in [0.15, 0.2) is 47.4 Å². The number of anilines is 1. The van der Waals surface area contributed by atoms with Gasteiger partial charge in [0.05, 0.1) is 22.2 Å². The topological polar surface area (TPSA) is 43.1 Å². The zero-order chi connectivity index (χ0) is 13.1. The number of aryl methyl sites for hydroxylation is 1. The molecule has 1 unspecified atom stereocenters. The lowest BCUT2D eigenvalue weighted by molar-refractivity contribution is 0.620. The molecule has 2 aromatic carbocycles. The summed E-state index contributed by atoms with van der Waals surface area (Å²) in [5, 5.41) is 0. The molecule has 2 N–H and O–H groups in total. The molecule has 0 saturated carbocycles. The van der Waals surface area contributed by atoms with Crippen molar-refractivity contribution in [3.05, 3.63) is 59.4 Å². The van der Waals surface area contributed by atoms with Crippen LogP contribution in [-0.2, 0) is 16.6 Å². The van der Waals surface area contributed by atoms with E-state index in [0.717, 1.165) is 10.5 Å². The van der Waals surface area contributed by atoms with Crippen LogP contribution in [-0.4, -0.2) is 4.21 Å². The minimum absolute atomic E-state index is 0.0919. The lowest BCUT2D eigenvalue weighted by Crippen LogP contribution is -2.02. The number of nitrogens with two attached hydrogens (primary N) is 1. The summed E-state index contributed by atoms with van der Waals surface area (Å²) in [6.07, 6.45) is 0. The van der Waals surface area contributed by atoms with Crippen LogP contribution in [0.25, 0.3) is 0 Å². The predicted molar refractivity (Wildman–Crippen MR) is 72.1 cm³/mol. The maximum atomic E-state index is 13.7. The van der Waals surface area contributed by atoms with Crippen molar-refractivity contribution in [3.63, 3.8) is 0 Å². The van der Waals surface area contributed by atoms with E-state index in [-0.39, 0.29) is 11.4 Å².